The molecule has 0 heterocycles. The van der Waals surface area contributed by atoms with Gasteiger partial charge in [-0.3, -0.25) is 4.79 Å². The summed E-state index contributed by atoms with van der Waals surface area (Å²) in [6.45, 7) is 2.24. The molecular formula is C13H22O. The highest BCUT2D eigenvalue weighted by molar-refractivity contribution is 5.93. The van der Waals surface area contributed by atoms with Crippen LogP contribution in [0, 0.1) is 5.92 Å². The van der Waals surface area contributed by atoms with Crippen molar-refractivity contribution >= 4 is 5.78 Å². The molecule has 80 valence electrons. The van der Waals surface area contributed by atoms with Crippen molar-refractivity contribution in [2.75, 3.05) is 0 Å². The van der Waals surface area contributed by atoms with E-state index in [1.807, 2.05) is 6.08 Å². The molecule has 14 heavy (non-hydrogen) atoms. The first-order valence-corrected chi connectivity index (χ1v) is 6.05. The fraction of sp³-hybridized carbons (Fsp3) is 0.769. The molecule has 0 aromatic rings. The van der Waals surface area contributed by atoms with Gasteiger partial charge in [-0.1, -0.05) is 51.5 Å². The third-order valence-corrected chi connectivity index (χ3v) is 3.01. The van der Waals surface area contributed by atoms with Gasteiger partial charge in [0.25, 0.3) is 0 Å². The Morgan fingerprint density at radius 3 is 2.57 bits per heavy atom. The molecular weight excluding hydrogens is 172 g/mol. The Morgan fingerprint density at radius 2 is 1.93 bits per heavy atom. The Kier molecular flexibility index (Phi) is 5.58. The van der Waals surface area contributed by atoms with Crippen LogP contribution >= 0.6 is 0 Å². The van der Waals surface area contributed by atoms with Gasteiger partial charge in [-0.2, -0.15) is 0 Å². The zero-order chi connectivity index (χ0) is 10.2. The van der Waals surface area contributed by atoms with E-state index in [4.69, 9.17) is 0 Å². The lowest BCUT2D eigenvalue weighted by Crippen LogP contribution is -2.05. The van der Waals surface area contributed by atoms with Gasteiger partial charge in [0, 0.05) is 5.92 Å². The smallest absolute Gasteiger partial charge is 0.158 e. The summed E-state index contributed by atoms with van der Waals surface area (Å²) in [6.07, 6.45) is 13.8. The van der Waals surface area contributed by atoms with Gasteiger partial charge >= 0.3 is 0 Å². The van der Waals surface area contributed by atoms with E-state index in [0.717, 1.165) is 12.8 Å². The highest BCUT2D eigenvalue weighted by Crippen LogP contribution is 2.21. The molecule has 1 unspecified atom stereocenters. The predicted octanol–water partition coefficient (Wildman–Crippen LogP) is 3.88. The van der Waals surface area contributed by atoms with Crippen molar-refractivity contribution in [1.29, 1.82) is 0 Å². The lowest BCUT2D eigenvalue weighted by molar-refractivity contribution is -0.117. The fourth-order valence-corrected chi connectivity index (χ4v) is 2.03. The van der Waals surface area contributed by atoms with Crippen molar-refractivity contribution in [2.45, 2.75) is 58.3 Å². The van der Waals surface area contributed by atoms with E-state index in [0.29, 0.717) is 11.7 Å². The van der Waals surface area contributed by atoms with Crippen molar-refractivity contribution < 1.29 is 4.79 Å². The van der Waals surface area contributed by atoms with Crippen LogP contribution < -0.4 is 0 Å². The standard InChI is InChI=1S/C13H22O/c1-2-3-4-5-6-7-9-12-10-8-11-13(12)14/h8,11-12H,2-7,9-10H2,1H3. The Bertz CT molecular complexity index is 193. The first-order valence-electron chi connectivity index (χ1n) is 6.05. The molecule has 1 heteroatoms. The molecule has 0 aliphatic heterocycles. The molecule has 0 spiro atoms. The zero-order valence-electron chi connectivity index (χ0n) is 9.30. The minimum atomic E-state index is 0.334. The topological polar surface area (TPSA) is 17.1 Å². The van der Waals surface area contributed by atoms with E-state index in [2.05, 4.69) is 6.92 Å². The highest BCUT2D eigenvalue weighted by Gasteiger charge is 2.18. The summed E-state index contributed by atoms with van der Waals surface area (Å²) in [6, 6.07) is 0. The first kappa shape index (κ1) is 11.5. The number of allylic oxidation sites excluding steroid dienone is 2. The first-order chi connectivity index (χ1) is 6.84. The maximum Gasteiger partial charge on any atom is 0.158 e. The molecule has 0 aromatic carbocycles. The Labute approximate surface area is 87.6 Å². The summed E-state index contributed by atoms with van der Waals surface area (Å²) in [5.41, 5.74) is 0. The van der Waals surface area contributed by atoms with Crippen molar-refractivity contribution in [3.63, 3.8) is 0 Å². The molecule has 0 saturated carbocycles. The van der Waals surface area contributed by atoms with Crippen LogP contribution in [0.25, 0.3) is 0 Å². The van der Waals surface area contributed by atoms with Gasteiger partial charge in [-0.25, -0.2) is 0 Å². The fourth-order valence-electron chi connectivity index (χ4n) is 2.03. The van der Waals surface area contributed by atoms with E-state index >= 15 is 0 Å². The van der Waals surface area contributed by atoms with Crippen LogP contribution in [0.1, 0.15) is 58.3 Å². The van der Waals surface area contributed by atoms with Gasteiger partial charge < -0.3 is 0 Å². The molecule has 1 nitrogen and oxygen atoms in total. The number of rotatable bonds is 7. The van der Waals surface area contributed by atoms with Crippen LogP contribution in [0.15, 0.2) is 12.2 Å². The number of carbonyl (C=O) groups is 1. The van der Waals surface area contributed by atoms with Gasteiger partial charge in [0.15, 0.2) is 5.78 Å². The number of ketones is 1. The SMILES string of the molecule is CCCCCCCCC1CC=CC1=O. The third kappa shape index (κ3) is 4.08. The van der Waals surface area contributed by atoms with Gasteiger partial charge in [-0.05, 0) is 18.9 Å². The Balaban J connectivity index is 1.91. The monoisotopic (exact) mass is 194 g/mol. The van der Waals surface area contributed by atoms with Crippen molar-refractivity contribution in [3.05, 3.63) is 12.2 Å². The van der Waals surface area contributed by atoms with E-state index < -0.39 is 0 Å². The normalized spacial score (nSPS) is 20.6. The van der Waals surface area contributed by atoms with Crippen molar-refractivity contribution in [1.82, 2.24) is 0 Å². The molecule has 1 atom stereocenters. The average Bonchev–Trinajstić information content (AvgIpc) is 2.58. The largest absolute Gasteiger partial charge is 0.295 e. The van der Waals surface area contributed by atoms with Crippen LogP contribution in [0.5, 0.6) is 0 Å². The molecule has 0 bridgehead atoms. The molecule has 1 rings (SSSR count). The summed E-state index contributed by atoms with van der Waals surface area (Å²) in [4.78, 5) is 11.3. The molecule has 0 amide bonds. The zero-order valence-corrected chi connectivity index (χ0v) is 9.30. The summed E-state index contributed by atoms with van der Waals surface area (Å²) in [5, 5.41) is 0. The molecule has 0 radical (unpaired) electrons. The third-order valence-electron chi connectivity index (χ3n) is 3.01. The van der Waals surface area contributed by atoms with E-state index in [1.165, 1.54) is 38.5 Å². The van der Waals surface area contributed by atoms with Crippen LogP contribution in [-0.2, 0) is 4.79 Å². The number of hydrogen-bond acceptors (Lipinski definition) is 1. The molecule has 1 aliphatic rings. The van der Waals surface area contributed by atoms with Gasteiger partial charge in [0.05, 0.1) is 0 Å². The summed E-state index contributed by atoms with van der Waals surface area (Å²) in [7, 11) is 0. The van der Waals surface area contributed by atoms with Crippen LogP contribution in [0.3, 0.4) is 0 Å². The minimum Gasteiger partial charge on any atom is -0.295 e. The molecule has 0 fully saturated rings. The Hall–Kier alpha value is -0.590. The summed E-state index contributed by atoms with van der Waals surface area (Å²) >= 11 is 0. The van der Waals surface area contributed by atoms with Gasteiger partial charge in [-0.15, -0.1) is 0 Å². The van der Waals surface area contributed by atoms with Crippen LogP contribution in [0.2, 0.25) is 0 Å². The molecule has 0 saturated heterocycles. The lowest BCUT2D eigenvalue weighted by atomic mass is 9.97. The maximum absolute atomic E-state index is 11.3. The van der Waals surface area contributed by atoms with E-state index in [1.54, 1.807) is 6.08 Å². The lowest BCUT2D eigenvalue weighted by Gasteiger charge is -2.06. The minimum absolute atomic E-state index is 0.334. The van der Waals surface area contributed by atoms with Gasteiger partial charge in [0.1, 0.15) is 0 Å². The van der Waals surface area contributed by atoms with E-state index in [-0.39, 0.29) is 0 Å². The van der Waals surface area contributed by atoms with E-state index in [9.17, 15) is 4.79 Å². The second kappa shape index (κ2) is 6.80. The molecule has 0 N–H and O–H groups in total. The van der Waals surface area contributed by atoms with Crippen LogP contribution in [0.4, 0.5) is 0 Å². The number of hydrogen-bond donors (Lipinski definition) is 0. The van der Waals surface area contributed by atoms with Crippen molar-refractivity contribution in [3.8, 4) is 0 Å². The van der Waals surface area contributed by atoms with Crippen LogP contribution in [-0.4, -0.2) is 5.78 Å². The highest BCUT2D eigenvalue weighted by atomic mass is 16.1. The number of carbonyl (C=O) groups excluding carboxylic acids is 1. The molecule has 1 aliphatic carbocycles. The van der Waals surface area contributed by atoms with Gasteiger partial charge in [0.2, 0.25) is 0 Å². The maximum atomic E-state index is 11.3. The van der Waals surface area contributed by atoms with Crippen molar-refractivity contribution in [2.24, 2.45) is 5.92 Å². The predicted molar refractivity (Wildman–Crippen MR) is 60.2 cm³/mol. The second-order valence-electron chi connectivity index (χ2n) is 4.29. The number of unbranched alkanes of at least 4 members (excludes halogenated alkanes) is 5. The average molecular weight is 194 g/mol. The summed E-state index contributed by atoms with van der Waals surface area (Å²) < 4.78 is 0. The quantitative estimate of drug-likeness (QED) is 0.562. The summed E-state index contributed by atoms with van der Waals surface area (Å²) in [5.74, 6) is 0.694. The molecule has 0 aromatic heterocycles. The Morgan fingerprint density at radius 1 is 1.21 bits per heavy atom. The second-order valence-corrected chi connectivity index (χ2v) is 4.29.